The number of methoxy groups -OCH3 is 2. The van der Waals surface area contributed by atoms with Crippen LogP contribution in [0, 0.1) is 0 Å². The van der Waals surface area contributed by atoms with Crippen LogP contribution in [0.15, 0.2) is 51.7 Å². The predicted molar refractivity (Wildman–Crippen MR) is 117 cm³/mol. The van der Waals surface area contributed by atoms with E-state index in [9.17, 15) is 4.79 Å². The largest absolute Gasteiger partial charge is 0.493 e. The number of hydrogen-bond acceptors (Lipinski definition) is 6. The van der Waals surface area contributed by atoms with Crippen molar-refractivity contribution in [2.24, 2.45) is 0 Å². The highest BCUT2D eigenvalue weighted by molar-refractivity contribution is 5.83. The monoisotopic (exact) mass is 409 g/mol. The maximum Gasteiger partial charge on any atom is 0.344 e. The molecule has 0 unspecified atom stereocenters. The molecule has 1 saturated heterocycles. The molecule has 0 bridgehead atoms. The van der Waals surface area contributed by atoms with Gasteiger partial charge in [-0.25, -0.2) is 4.79 Å². The lowest BCUT2D eigenvalue weighted by atomic mass is 10.1. The summed E-state index contributed by atoms with van der Waals surface area (Å²) in [5.74, 6) is 1.88. The van der Waals surface area contributed by atoms with E-state index in [1.807, 2.05) is 24.3 Å². The van der Waals surface area contributed by atoms with Gasteiger partial charge in [0, 0.05) is 18.0 Å². The summed E-state index contributed by atoms with van der Waals surface area (Å²) >= 11 is 0. The van der Waals surface area contributed by atoms with Crippen molar-refractivity contribution < 1.29 is 18.6 Å². The minimum Gasteiger partial charge on any atom is -0.493 e. The predicted octanol–water partition coefficient (Wildman–Crippen LogP) is 4.34. The zero-order chi connectivity index (χ0) is 20.9. The third-order valence-corrected chi connectivity index (χ3v) is 5.53. The Hall–Kier alpha value is -2.99. The van der Waals surface area contributed by atoms with E-state index < -0.39 is 5.63 Å². The minimum absolute atomic E-state index is 0.403. The van der Waals surface area contributed by atoms with Gasteiger partial charge in [0.1, 0.15) is 17.9 Å². The average Bonchev–Trinajstić information content (AvgIpc) is 2.79. The Morgan fingerprint density at radius 2 is 1.73 bits per heavy atom. The second-order valence-corrected chi connectivity index (χ2v) is 7.47. The lowest BCUT2D eigenvalue weighted by molar-refractivity contribution is 0.183. The van der Waals surface area contributed by atoms with E-state index in [0.717, 1.165) is 25.0 Å². The first-order valence-corrected chi connectivity index (χ1v) is 10.3. The fourth-order valence-corrected chi connectivity index (χ4v) is 3.86. The first kappa shape index (κ1) is 20.3. The van der Waals surface area contributed by atoms with Gasteiger partial charge in [-0.1, -0.05) is 12.5 Å². The topological polar surface area (TPSA) is 61.1 Å². The van der Waals surface area contributed by atoms with Gasteiger partial charge in [-0.15, -0.1) is 0 Å². The number of ether oxygens (including phenoxy) is 3. The molecular formula is C24H27NO5. The highest BCUT2D eigenvalue weighted by Gasteiger charge is 2.13. The zero-order valence-electron chi connectivity index (χ0n) is 17.5. The lowest BCUT2D eigenvalue weighted by Gasteiger charge is -2.26. The van der Waals surface area contributed by atoms with Crippen LogP contribution in [0.3, 0.4) is 0 Å². The molecule has 3 aromatic rings. The summed E-state index contributed by atoms with van der Waals surface area (Å²) in [6.45, 7) is 3.84. The summed E-state index contributed by atoms with van der Waals surface area (Å²) in [7, 11) is 3.14. The molecule has 1 aromatic heterocycles. The highest BCUT2D eigenvalue weighted by Crippen LogP contribution is 2.32. The molecule has 0 saturated carbocycles. The van der Waals surface area contributed by atoms with Gasteiger partial charge in [-0.2, -0.15) is 0 Å². The summed E-state index contributed by atoms with van der Waals surface area (Å²) in [5.41, 5.74) is 1.30. The van der Waals surface area contributed by atoms with Crippen LogP contribution in [0.5, 0.6) is 17.2 Å². The van der Waals surface area contributed by atoms with E-state index in [4.69, 9.17) is 18.6 Å². The lowest BCUT2D eigenvalue weighted by Crippen LogP contribution is -2.33. The first-order valence-electron chi connectivity index (χ1n) is 10.3. The molecule has 0 aliphatic carbocycles. The van der Waals surface area contributed by atoms with Crippen LogP contribution < -0.4 is 19.8 Å². The summed E-state index contributed by atoms with van der Waals surface area (Å²) in [5, 5.41) is 0.836. The van der Waals surface area contributed by atoms with E-state index >= 15 is 0 Å². The Morgan fingerprint density at radius 3 is 2.50 bits per heavy atom. The average molecular weight is 409 g/mol. The van der Waals surface area contributed by atoms with E-state index in [2.05, 4.69) is 4.90 Å². The summed E-state index contributed by atoms with van der Waals surface area (Å²) < 4.78 is 22.1. The normalized spacial score (nSPS) is 14.6. The van der Waals surface area contributed by atoms with Crippen LogP contribution in [0.25, 0.3) is 22.1 Å². The van der Waals surface area contributed by atoms with Gasteiger partial charge < -0.3 is 18.6 Å². The molecule has 2 aromatic carbocycles. The van der Waals surface area contributed by atoms with Gasteiger partial charge in [0.05, 0.1) is 19.8 Å². The first-order chi connectivity index (χ1) is 14.7. The third-order valence-electron chi connectivity index (χ3n) is 5.53. The Bertz CT molecular complexity index is 1070. The molecule has 158 valence electrons. The molecule has 1 aliphatic heterocycles. The maximum absolute atomic E-state index is 12.6. The molecule has 6 heteroatoms. The fourth-order valence-electron chi connectivity index (χ4n) is 3.86. The quantitative estimate of drug-likeness (QED) is 0.541. The molecule has 4 rings (SSSR count). The highest BCUT2D eigenvalue weighted by atomic mass is 16.5. The Labute approximate surface area is 176 Å². The molecule has 30 heavy (non-hydrogen) atoms. The van der Waals surface area contributed by atoms with Gasteiger partial charge in [-0.05, 0) is 61.8 Å². The second kappa shape index (κ2) is 9.22. The minimum atomic E-state index is -0.403. The van der Waals surface area contributed by atoms with Crippen LogP contribution in [-0.4, -0.2) is 45.4 Å². The molecule has 6 nitrogen and oxygen atoms in total. The van der Waals surface area contributed by atoms with Crippen molar-refractivity contribution in [3.8, 4) is 28.4 Å². The zero-order valence-corrected chi connectivity index (χ0v) is 17.5. The van der Waals surface area contributed by atoms with Crippen molar-refractivity contribution in [3.05, 3.63) is 52.9 Å². The molecule has 0 N–H and O–H groups in total. The third kappa shape index (κ3) is 4.44. The Morgan fingerprint density at radius 1 is 0.933 bits per heavy atom. The number of hydrogen-bond donors (Lipinski definition) is 0. The number of benzene rings is 2. The van der Waals surface area contributed by atoms with Crippen molar-refractivity contribution in [1.82, 2.24) is 4.90 Å². The SMILES string of the molecule is COc1ccc(-c2cc3ccc(OCCN4CCCCC4)cc3oc2=O)cc1OC. The molecule has 0 radical (unpaired) electrons. The van der Waals surface area contributed by atoms with Crippen molar-refractivity contribution in [1.29, 1.82) is 0 Å². The fraction of sp³-hybridized carbons (Fsp3) is 0.375. The van der Waals surface area contributed by atoms with E-state index in [0.29, 0.717) is 40.6 Å². The molecule has 1 aliphatic rings. The number of piperidine rings is 1. The Balaban J connectivity index is 1.53. The van der Waals surface area contributed by atoms with Gasteiger partial charge in [0.25, 0.3) is 0 Å². The number of fused-ring (bicyclic) bond motifs is 1. The second-order valence-electron chi connectivity index (χ2n) is 7.47. The van der Waals surface area contributed by atoms with Crippen molar-refractivity contribution >= 4 is 11.0 Å². The maximum atomic E-state index is 12.6. The van der Waals surface area contributed by atoms with Crippen LogP contribution in [-0.2, 0) is 0 Å². The number of rotatable bonds is 7. The number of nitrogens with zero attached hydrogens (tertiary/aromatic N) is 1. The molecular weight excluding hydrogens is 382 g/mol. The molecule has 1 fully saturated rings. The van der Waals surface area contributed by atoms with Crippen LogP contribution in [0.2, 0.25) is 0 Å². The molecule has 0 amide bonds. The van der Waals surface area contributed by atoms with Crippen LogP contribution in [0.1, 0.15) is 19.3 Å². The number of likely N-dealkylation sites (tertiary alicyclic amines) is 1. The molecule has 0 spiro atoms. The van der Waals surface area contributed by atoms with E-state index in [-0.39, 0.29) is 0 Å². The van der Waals surface area contributed by atoms with Gasteiger partial charge in [-0.3, -0.25) is 4.90 Å². The van der Waals surface area contributed by atoms with Crippen LogP contribution in [0.4, 0.5) is 0 Å². The standard InChI is InChI=1S/C24H27NO5/c1-27-21-9-7-17(15-23(21)28-2)20-14-18-6-8-19(16-22(18)30-24(20)26)29-13-12-25-10-4-3-5-11-25/h6-9,14-16H,3-5,10-13H2,1-2H3. The molecule has 0 atom stereocenters. The van der Waals surface area contributed by atoms with Gasteiger partial charge >= 0.3 is 5.63 Å². The van der Waals surface area contributed by atoms with Crippen LogP contribution >= 0.6 is 0 Å². The molecule has 2 heterocycles. The van der Waals surface area contributed by atoms with Crippen molar-refractivity contribution in [2.45, 2.75) is 19.3 Å². The summed E-state index contributed by atoms with van der Waals surface area (Å²) in [6.07, 6.45) is 3.86. The summed E-state index contributed by atoms with van der Waals surface area (Å²) in [4.78, 5) is 15.1. The smallest absolute Gasteiger partial charge is 0.344 e. The summed E-state index contributed by atoms with van der Waals surface area (Å²) in [6, 6.07) is 12.8. The van der Waals surface area contributed by atoms with Gasteiger partial charge in [0.15, 0.2) is 11.5 Å². The Kier molecular flexibility index (Phi) is 6.23. The van der Waals surface area contributed by atoms with Crippen molar-refractivity contribution in [3.63, 3.8) is 0 Å². The van der Waals surface area contributed by atoms with Crippen molar-refractivity contribution in [2.75, 3.05) is 40.5 Å². The van der Waals surface area contributed by atoms with E-state index in [1.54, 1.807) is 32.4 Å². The van der Waals surface area contributed by atoms with E-state index in [1.165, 1.54) is 19.3 Å². The van der Waals surface area contributed by atoms with Gasteiger partial charge in [0.2, 0.25) is 0 Å².